The van der Waals surface area contributed by atoms with Crippen LogP contribution < -0.4 is 10.1 Å². The van der Waals surface area contributed by atoms with Crippen molar-refractivity contribution in [3.8, 4) is 11.5 Å². The summed E-state index contributed by atoms with van der Waals surface area (Å²) in [6.07, 6.45) is 17.7. The first kappa shape index (κ1) is 19.7. The summed E-state index contributed by atoms with van der Waals surface area (Å²) in [4.78, 5) is 4.82. The van der Waals surface area contributed by atoms with E-state index in [1.54, 1.807) is 0 Å². The van der Waals surface area contributed by atoms with E-state index in [-0.39, 0.29) is 0 Å². The van der Waals surface area contributed by atoms with Crippen LogP contribution in [-0.4, -0.2) is 5.71 Å². The van der Waals surface area contributed by atoms with E-state index in [0.29, 0.717) is 0 Å². The maximum atomic E-state index is 5.87. The van der Waals surface area contributed by atoms with E-state index in [4.69, 9.17) is 9.73 Å². The van der Waals surface area contributed by atoms with Gasteiger partial charge in [0.05, 0.1) is 11.4 Å². The van der Waals surface area contributed by atoms with E-state index < -0.39 is 0 Å². The molecule has 3 nitrogen and oxygen atoms in total. The van der Waals surface area contributed by atoms with Crippen molar-refractivity contribution >= 4 is 11.4 Å². The highest BCUT2D eigenvalue weighted by Crippen LogP contribution is 2.25. The van der Waals surface area contributed by atoms with Crippen LogP contribution >= 0.6 is 0 Å². The van der Waals surface area contributed by atoms with E-state index in [1.807, 2.05) is 60.8 Å². The molecule has 3 heteroatoms. The predicted octanol–water partition coefficient (Wildman–Crippen LogP) is 7.36. The third-order valence-electron chi connectivity index (χ3n) is 5.03. The summed E-state index contributed by atoms with van der Waals surface area (Å²) in [6, 6.07) is 17.8. The van der Waals surface area contributed by atoms with Crippen LogP contribution in [0.3, 0.4) is 0 Å². The minimum atomic E-state index is 0.812. The summed E-state index contributed by atoms with van der Waals surface area (Å²) >= 11 is 0. The molecule has 1 N–H and O–H groups in total. The van der Waals surface area contributed by atoms with Gasteiger partial charge in [-0.1, -0.05) is 55.5 Å². The molecule has 2 aliphatic carbocycles. The average molecular weight is 395 g/mol. The summed E-state index contributed by atoms with van der Waals surface area (Å²) in [5, 5.41) is 3.50. The Balaban J connectivity index is 1.46. The Morgan fingerprint density at radius 1 is 1.03 bits per heavy atom. The lowest BCUT2D eigenvalue weighted by Gasteiger charge is -2.15. The van der Waals surface area contributed by atoms with Gasteiger partial charge in [0, 0.05) is 18.3 Å². The molecule has 150 valence electrons. The Labute approximate surface area is 178 Å². The number of hydrogen-bond acceptors (Lipinski definition) is 3. The first-order chi connectivity index (χ1) is 14.8. The van der Waals surface area contributed by atoms with Crippen molar-refractivity contribution in [1.82, 2.24) is 0 Å². The van der Waals surface area contributed by atoms with Crippen molar-refractivity contribution in [2.75, 3.05) is 5.32 Å². The summed E-state index contributed by atoms with van der Waals surface area (Å²) in [5.74, 6) is 1.64. The third kappa shape index (κ3) is 5.06. The Kier molecular flexibility index (Phi) is 6.41. The highest BCUT2D eigenvalue weighted by Gasteiger charge is 2.10. The molecule has 0 radical (unpaired) electrons. The van der Waals surface area contributed by atoms with Crippen molar-refractivity contribution in [2.45, 2.75) is 26.2 Å². The molecule has 0 atom stereocenters. The first-order valence-corrected chi connectivity index (χ1v) is 10.4. The van der Waals surface area contributed by atoms with Crippen molar-refractivity contribution < 1.29 is 4.74 Å². The van der Waals surface area contributed by atoms with Gasteiger partial charge in [0.15, 0.2) is 0 Å². The van der Waals surface area contributed by atoms with E-state index in [1.165, 1.54) is 11.1 Å². The molecule has 0 heterocycles. The molecule has 0 aromatic heterocycles. The molecule has 30 heavy (non-hydrogen) atoms. The number of anilines is 1. The molecule has 0 saturated heterocycles. The SMILES string of the molecule is CC/C(=C\N=C1CC=CC=C1Nc1ccc(Oc2ccccc2)cc1)C1=CCC=C1. The van der Waals surface area contributed by atoms with Crippen LogP contribution in [0.15, 0.2) is 119 Å². The third-order valence-corrected chi connectivity index (χ3v) is 5.03. The van der Waals surface area contributed by atoms with Crippen LogP contribution in [0.1, 0.15) is 26.2 Å². The summed E-state index contributed by atoms with van der Waals surface area (Å²) in [6.45, 7) is 2.17. The topological polar surface area (TPSA) is 33.6 Å². The Morgan fingerprint density at radius 2 is 1.83 bits per heavy atom. The number of ether oxygens (including phenoxy) is 1. The molecule has 0 fully saturated rings. The standard InChI is InChI=1S/C27H26N2O/c1-2-21(22-10-6-7-11-22)20-28-26-14-8-9-15-27(26)29-23-16-18-25(19-17-23)30-24-12-4-3-5-13-24/h3-6,8-13,15-20,29H,2,7,14H2,1H3/b21-20+,28-26?. The summed E-state index contributed by atoms with van der Waals surface area (Å²) in [5.41, 5.74) is 5.63. The number of nitrogens with one attached hydrogen (secondary N) is 1. The smallest absolute Gasteiger partial charge is 0.127 e. The van der Waals surface area contributed by atoms with E-state index in [9.17, 15) is 0 Å². The number of allylic oxidation sites excluding steroid dienone is 9. The van der Waals surface area contributed by atoms with Gasteiger partial charge in [-0.15, -0.1) is 0 Å². The zero-order chi connectivity index (χ0) is 20.6. The van der Waals surface area contributed by atoms with Crippen molar-refractivity contribution in [3.05, 3.63) is 114 Å². The van der Waals surface area contributed by atoms with Gasteiger partial charge < -0.3 is 10.1 Å². The van der Waals surface area contributed by atoms with Crippen molar-refractivity contribution in [2.24, 2.45) is 4.99 Å². The van der Waals surface area contributed by atoms with Gasteiger partial charge in [0.1, 0.15) is 11.5 Å². The fourth-order valence-corrected chi connectivity index (χ4v) is 3.39. The van der Waals surface area contributed by atoms with Crippen LogP contribution in [0.2, 0.25) is 0 Å². The zero-order valence-corrected chi connectivity index (χ0v) is 17.2. The Hall–Kier alpha value is -3.59. The highest BCUT2D eigenvalue weighted by atomic mass is 16.5. The fourth-order valence-electron chi connectivity index (χ4n) is 3.39. The van der Waals surface area contributed by atoms with Crippen LogP contribution in [0.4, 0.5) is 5.69 Å². The maximum absolute atomic E-state index is 5.87. The molecule has 4 rings (SSSR count). The number of nitrogens with zero attached hydrogens (tertiary/aromatic N) is 1. The average Bonchev–Trinajstić information content (AvgIpc) is 3.32. The quantitative estimate of drug-likeness (QED) is 0.532. The van der Waals surface area contributed by atoms with Gasteiger partial charge in [-0.2, -0.15) is 0 Å². The van der Waals surface area contributed by atoms with Gasteiger partial charge >= 0.3 is 0 Å². The lowest BCUT2D eigenvalue weighted by atomic mass is 10.1. The lowest BCUT2D eigenvalue weighted by Crippen LogP contribution is -2.12. The Bertz CT molecular complexity index is 1050. The first-order valence-electron chi connectivity index (χ1n) is 10.4. The largest absolute Gasteiger partial charge is 0.457 e. The van der Waals surface area contributed by atoms with Gasteiger partial charge in [0.2, 0.25) is 0 Å². The number of aliphatic imine (C=N–C) groups is 1. The molecule has 0 amide bonds. The molecular weight excluding hydrogens is 368 g/mol. The second kappa shape index (κ2) is 9.75. The number of benzene rings is 2. The van der Waals surface area contributed by atoms with Gasteiger partial charge in [-0.05, 0) is 66.5 Å². The maximum Gasteiger partial charge on any atom is 0.127 e. The van der Waals surface area contributed by atoms with Crippen LogP contribution in [0.25, 0.3) is 0 Å². The Morgan fingerprint density at radius 3 is 2.57 bits per heavy atom. The van der Waals surface area contributed by atoms with Crippen molar-refractivity contribution in [3.63, 3.8) is 0 Å². The van der Waals surface area contributed by atoms with Gasteiger partial charge in [-0.3, -0.25) is 4.99 Å². The molecule has 0 unspecified atom stereocenters. The second-order valence-electron chi connectivity index (χ2n) is 7.16. The van der Waals surface area contributed by atoms with Gasteiger partial charge in [-0.25, -0.2) is 0 Å². The van der Waals surface area contributed by atoms with Crippen LogP contribution in [0.5, 0.6) is 11.5 Å². The molecule has 0 saturated carbocycles. The fraction of sp³-hybridized carbons (Fsp3) is 0.148. The molecule has 0 bridgehead atoms. The molecular formula is C27H26N2O. The minimum absolute atomic E-state index is 0.812. The molecule has 0 spiro atoms. The van der Waals surface area contributed by atoms with E-state index >= 15 is 0 Å². The number of para-hydroxylation sites is 1. The van der Waals surface area contributed by atoms with Crippen LogP contribution in [0, 0.1) is 0 Å². The number of hydrogen-bond donors (Lipinski definition) is 1. The minimum Gasteiger partial charge on any atom is -0.457 e. The predicted molar refractivity (Wildman–Crippen MR) is 126 cm³/mol. The molecule has 2 aliphatic rings. The molecule has 2 aromatic carbocycles. The zero-order valence-electron chi connectivity index (χ0n) is 17.2. The highest BCUT2D eigenvalue weighted by molar-refractivity contribution is 6.04. The number of rotatable bonds is 7. The molecule has 2 aromatic rings. The lowest BCUT2D eigenvalue weighted by molar-refractivity contribution is 0.483. The van der Waals surface area contributed by atoms with Gasteiger partial charge in [0.25, 0.3) is 0 Å². The van der Waals surface area contributed by atoms with E-state index in [0.717, 1.165) is 47.9 Å². The van der Waals surface area contributed by atoms with E-state index in [2.05, 4.69) is 48.7 Å². The second-order valence-corrected chi connectivity index (χ2v) is 7.16. The normalized spacial score (nSPS) is 17.1. The van der Waals surface area contributed by atoms with Crippen molar-refractivity contribution in [1.29, 1.82) is 0 Å². The summed E-state index contributed by atoms with van der Waals surface area (Å²) in [7, 11) is 0. The monoisotopic (exact) mass is 394 g/mol. The summed E-state index contributed by atoms with van der Waals surface area (Å²) < 4.78 is 5.87. The molecule has 0 aliphatic heterocycles. The van der Waals surface area contributed by atoms with Crippen LogP contribution in [-0.2, 0) is 0 Å².